The van der Waals surface area contributed by atoms with Crippen LogP contribution >= 0.6 is 11.6 Å². The van der Waals surface area contributed by atoms with Crippen molar-refractivity contribution < 1.29 is 5.11 Å². The van der Waals surface area contributed by atoms with E-state index in [-0.39, 0.29) is 0 Å². The number of halogens is 1. The van der Waals surface area contributed by atoms with Crippen LogP contribution in [0, 0.1) is 6.92 Å². The number of aryl methyl sites for hydroxylation is 1. The zero-order valence-corrected chi connectivity index (χ0v) is 8.25. The van der Waals surface area contributed by atoms with Gasteiger partial charge in [0.25, 0.3) is 0 Å². The molecule has 13 heavy (non-hydrogen) atoms. The Morgan fingerprint density at radius 2 is 2.38 bits per heavy atom. The average molecular weight is 201 g/mol. The van der Waals surface area contributed by atoms with E-state index in [9.17, 15) is 5.11 Å². The number of rotatable bonds is 3. The van der Waals surface area contributed by atoms with Gasteiger partial charge < -0.3 is 10.8 Å². The molecule has 0 saturated heterocycles. The molecule has 0 amide bonds. The number of hydrogen-bond donors (Lipinski definition) is 2. The van der Waals surface area contributed by atoms with E-state index < -0.39 is 6.10 Å². The highest BCUT2D eigenvalue weighted by Gasteiger charge is 2.07. The Morgan fingerprint density at radius 1 is 1.69 bits per heavy atom. The summed E-state index contributed by atoms with van der Waals surface area (Å²) in [4.78, 5) is 3.95. The SMILES string of the molecule is Cc1cc([C@H](O)CCN)cnc1Cl. The lowest BCUT2D eigenvalue weighted by Gasteiger charge is -2.09. The first-order valence-corrected chi connectivity index (χ1v) is 4.53. The van der Waals surface area contributed by atoms with Gasteiger partial charge in [0.15, 0.2) is 0 Å². The van der Waals surface area contributed by atoms with Crippen LogP contribution in [0.1, 0.15) is 23.7 Å². The van der Waals surface area contributed by atoms with E-state index in [2.05, 4.69) is 4.98 Å². The van der Waals surface area contributed by atoms with Gasteiger partial charge in [-0.2, -0.15) is 0 Å². The van der Waals surface area contributed by atoms with Gasteiger partial charge in [0.1, 0.15) is 5.15 Å². The fourth-order valence-corrected chi connectivity index (χ4v) is 1.19. The maximum atomic E-state index is 9.57. The molecule has 1 aromatic rings. The fraction of sp³-hybridized carbons (Fsp3) is 0.444. The maximum absolute atomic E-state index is 9.57. The molecule has 1 aromatic heterocycles. The summed E-state index contributed by atoms with van der Waals surface area (Å²) in [5, 5.41) is 10.0. The zero-order valence-electron chi connectivity index (χ0n) is 7.50. The predicted octanol–water partition coefficient (Wildman–Crippen LogP) is 1.43. The number of aliphatic hydroxyl groups is 1. The van der Waals surface area contributed by atoms with Crippen molar-refractivity contribution >= 4 is 11.6 Å². The van der Waals surface area contributed by atoms with Crippen LogP contribution in [0.4, 0.5) is 0 Å². The van der Waals surface area contributed by atoms with Gasteiger partial charge in [-0.1, -0.05) is 11.6 Å². The third-order valence-corrected chi connectivity index (χ3v) is 2.26. The summed E-state index contributed by atoms with van der Waals surface area (Å²) in [6, 6.07) is 1.83. The summed E-state index contributed by atoms with van der Waals surface area (Å²) in [7, 11) is 0. The third kappa shape index (κ3) is 2.66. The molecule has 0 aliphatic rings. The Hall–Kier alpha value is -0.640. The smallest absolute Gasteiger partial charge is 0.131 e. The molecule has 72 valence electrons. The van der Waals surface area contributed by atoms with Crippen molar-refractivity contribution in [2.45, 2.75) is 19.4 Å². The Morgan fingerprint density at radius 3 is 2.92 bits per heavy atom. The second-order valence-corrected chi connectivity index (χ2v) is 3.33. The predicted molar refractivity (Wildman–Crippen MR) is 52.6 cm³/mol. The molecule has 0 spiro atoms. The lowest BCUT2D eigenvalue weighted by molar-refractivity contribution is 0.170. The van der Waals surface area contributed by atoms with Gasteiger partial charge >= 0.3 is 0 Å². The standard InChI is InChI=1S/C9H13ClN2O/c1-6-4-7(5-12-9(6)10)8(13)2-3-11/h4-5,8,13H,2-3,11H2,1H3/t8-/m1/s1. The molecule has 0 saturated carbocycles. The van der Waals surface area contributed by atoms with E-state index in [4.69, 9.17) is 17.3 Å². The van der Waals surface area contributed by atoms with Gasteiger partial charge in [-0.15, -0.1) is 0 Å². The first-order chi connectivity index (χ1) is 6.15. The van der Waals surface area contributed by atoms with Crippen LogP contribution in [0.2, 0.25) is 5.15 Å². The van der Waals surface area contributed by atoms with Gasteiger partial charge in [-0.3, -0.25) is 0 Å². The second-order valence-electron chi connectivity index (χ2n) is 2.97. The summed E-state index contributed by atoms with van der Waals surface area (Å²) in [5.41, 5.74) is 6.97. The molecule has 1 atom stereocenters. The van der Waals surface area contributed by atoms with Crippen LogP contribution in [0.15, 0.2) is 12.3 Å². The molecule has 0 bridgehead atoms. The number of aromatic nitrogens is 1. The number of nitrogens with zero attached hydrogens (tertiary/aromatic N) is 1. The molecule has 0 unspecified atom stereocenters. The average Bonchev–Trinajstić information content (AvgIpc) is 2.10. The molecule has 0 aromatic carbocycles. The Kier molecular flexibility index (Phi) is 3.66. The normalized spacial score (nSPS) is 12.9. The van der Waals surface area contributed by atoms with Crippen LogP contribution < -0.4 is 5.73 Å². The quantitative estimate of drug-likeness (QED) is 0.726. The molecule has 3 nitrogen and oxygen atoms in total. The topological polar surface area (TPSA) is 59.1 Å². The Balaban J connectivity index is 2.84. The van der Waals surface area contributed by atoms with E-state index in [1.165, 1.54) is 0 Å². The first-order valence-electron chi connectivity index (χ1n) is 4.15. The van der Waals surface area contributed by atoms with E-state index in [0.717, 1.165) is 11.1 Å². The largest absolute Gasteiger partial charge is 0.388 e. The fourth-order valence-electron chi connectivity index (χ4n) is 1.09. The molecule has 4 heteroatoms. The molecule has 1 heterocycles. The summed E-state index contributed by atoms with van der Waals surface area (Å²) in [6.07, 6.45) is 1.59. The summed E-state index contributed by atoms with van der Waals surface area (Å²) < 4.78 is 0. The molecule has 0 aliphatic carbocycles. The second kappa shape index (κ2) is 4.56. The highest BCUT2D eigenvalue weighted by Crippen LogP contribution is 2.19. The van der Waals surface area contributed by atoms with Crippen LogP contribution in [-0.4, -0.2) is 16.6 Å². The molecule has 0 aliphatic heterocycles. The molecule has 0 fully saturated rings. The van der Waals surface area contributed by atoms with Crippen molar-refractivity contribution in [1.82, 2.24) is 4.98 Å². The number of pyridine rings is 1. The summed E-state index contributed by atoms with van der Waals surface area (Å²) in [5.74, 6) is 0. The molecular formula is C9H13ClN2O. The van der Waals surface area contributed by atoms with Gasteiger partial charge in [-0.25, -0.2) is 4.98 Å². The highest BCUT2D eigenvalue weighted by atomic mass is 35.5. The lowest BCUT2D eigenvalue weighted by atomic mass is 10.1. The highest BCUT2D eigenvalue weighted by molar-refractivity contribution is 6.30. The lowest BCUT2D eigenvalue weighted by Crippen LogP contribution is -2.07. The van der Waals surface area contributed by atoms with Gasteiger partial charge in [0, 0.05) is 6.20 Å². The van der Waals surface area contributed by atoms with Crippen molar-refractivity contribution in [2.75, 3.05) is 6.54 Å². The van der Waals surface area contributed by atoms with Crippen molar-refractivity contribution in [2.24, 2.45) is 5.73 Å². The zero-order chi connectivity index (χ0) is 9.84. The van der Waals surface area contributed by atoms with E-state index in [1.54, 1.807) is 6.20 Å². The van der Waals surface area contributed by atoms with Crippen LogP contribution in [-0.2, 0) is 0 Å². The van der Waals surface area contributed by atoms with E-state index in [1.807, 2.05) is 13.0 Å². The van der Waals surface area contributed by atoms with Crippen molar-refractivity contribution in [3.8, 4) is 0 Å². The van der Waals surface area contributed by atoms with Crippen LogP contribution in [0.3, 0.4) is 0 Å². The number of aliphatic hydroxyl groups excluding tert-OH is 1. The van der Waals surface area contributed by atoms with Crippen molar-refractivity contribution in [1.29, 1.82) is 0 Å². The van der Waals surface area contributed by atoms with E-state index >= 15 is 0 Å². The minimum absolute atomic E-state index is 0.461. The van der Waals surface area contributed by atoms with Gasteiger partial charge in [-0.05, 0) is 37.1 Å². The molecular weight excluding hydrogens is 188 g/mol. The monoisotopic (exact) mass is 200 g/mol. The van der Waals surface area contributed by atoms with Crippen LogP contribution in [0.25, 0.3) is 0 Å². The number of nitrogens with two attached hydrogens (primary N) is 1. The van der Waals surface area contributed by atoms with Gasteiger partial charge in [0.05, 0.1) is 6.10 Å². The molecule has 1 rings (SSSR count). The van der Waals surface area contributed by atoms with E-state index in [0.29, 0.717) is 18.1 Å². The minimum Gasteiger partial charge on any atom is -0.388 e. The van der Waals surface area contributed by atoms with Gasteiger partial charge in [0.2, 0.25) is 0 Å². The maximum Gasteiger partial charge on any atom is 0.131 e. The van der Waals surface area contributed by atoms with Crippen molar-refractivity contribution in [3.63, 3.8) is 0 Å². The molecule has 3 N–H and O–H groups in total. The summed E-state index contributed by atoms with van der Waals surface area (Å²) in [6.45, 7) is 2.32. The molecule has 0 radical (unpaired) electrons. The summed E-state index contributed by atoms with van der Waals surface area (Å²) >= 11 is 5.74. The minimum atomic E-state index is -0.534. The van der Waals surface area contributed by atoms with Crippen molar-refractivity contribution in [3.05, 3.63) is 28.5 Å². The Bertz CT molecular complexity index is 291. The first kappa shape index (κ1) is 10.4. The van der Waals surface area contributed by atoms with Crippen LogP contribution in [0.5, 0.6) is 0 Å². The Labute approximate surface area is 82.5 Å². The number of hydrogen-bond acceptors (Lipinski definition) is 3. The third-order valence-electron chi connectivity index (χ3n) is 1.86.